The van der Waals surface area contributed by atoms with Gasteiger partial charge in [-0.2, -0.15) is 18.2 Å². The molecular formula is C21H26F4N6O. The number of rotatable bonds is 5. The summed E-state index contributed by atoms with van der Waals surface area (Å²) in [7, 11) is 3.83. The van der Waals surface area contributed by atoms with Crippen LogP contribution in [0, 0.1) is 12.7 Å². The Labute approximate surface area is 183 Å². The highest BCUT2D eigenvalue weighted by molar-refractivity contribution is 5.89. The van der Waals surface area contributed by atoms with Crippen LogP contribution in [-0.2, 0) is 6.18 Å². The third-order valence-electron chi connectivity index (χ3n) is 5.29. The molecule has 7 nitrogen and oxygen atoms in total. The number of carbonyl (C=O) groups excluding carboxylic acids is 1. The van der Waals surface area contributed by atoms with Gasteiger partial charge in [0, 0.05) is 43.6 Å². The van der Waals surface area contributed by atoms with E-state index in [0.29, 0.717) is 30.9 Å². The molecule has 0 saturated heterocycles. The summed E-state index contributed by atoms with van der Waals surface area (Å²) in [6, 6.07) is 1.77. The normalized spacial score (nSPS) is 18.7. The fraction of sp³-hybridized carbons (Fsp3) is 0.476. The maximum atomic E-state index is 13.4. The zero-order chi connectivity index (χ0) is 23.5. The van der Waals surface area contributed by atoms with Crippen LogP contribution in [-0.4, -0.2) is 42.2 Å². The van der Waals surface area contributed by atoms with E-state index in [0.717, 1.165) is 30.3 Å². The first-order chi connectivity index (χ1) is 15.0. The van der Waals surface area contributed by atoms with Gasteiger partial charge in [0.1, 0.15) is 11.6 Å². The zero-order valence-electron chi connectivity index (χ0n) is 18.1. The Balaban J connectivity index is 1.50. The van der Waals surface area contributed by atoms with E-state index in [1.54, 1.807) is 6.20 Å². The monoisotopic (exact) mass is 454 g/mol. The van der Waals surface area contributed by atoms with Gasteiger partial charge < -0.3 is 20.9 Å². The van der Waals surface area contributed by atoms with Crippen LogP contribution in [0.15, 0.2) is 24.4 Å². The molecule has 2 aromatic rings. The minimum absolute atomic E-state index is 0.119. The predicted octanol–water partition coefficient (Wildman–Crippen LogP) is 4.55. The largest absolute Gasteiger partial charge is 0.419 e. The van der Waals surface area contributed by atoms with E-state index < -0.39 is 23.6 Å². The van der Waals surface area contributed by atoms with Crippen LogP contribution >= 0.6 is 0 Å². The van der Waals surface area contributed by atoms with Crippen LogP contribution in [0.25, 0.3) is 0 Å². The van der Waals surface area contributed by atoms with Crippen LogP contribution in [0.5, 0.6) is 0 Å². The van der Waals surface area contributed by atoms with Gasteiger partial charge in [0.25, 0.3) is 0 Å². The van der Waals surface area contributed by atoms with Crippen LogP contribution in [0.4, 0.5) is 39.8 Å². The first kappa shape index (κ1) is 23.6. The Morgan fingerprint density at radius 1 is 1.12 bits per heavy atom. The van der Waals surface area contributed by atoms with Gasteiger partial charge in [-0.25, -0.2) is 14.2 Å². The van der Waals surface area contributed by atoms with Crippen molar-refractivity contribution in [3.63, 3.8) is 0 Å². The van der Waals surface area contributed by atoms with Crippen LogP contribution in [0.3, 0.4) is 0 Å². The molecule has 1 aromatic heterocycles. The predicted molar refractivity (Wildman–Crippen MR) is 114 cm³/mol. The number of hydrogen-bond acceptors (Lipinski definition) is 5. The number of aromatic nitrogens is 2. The molecule has 0 radical (unpaired) electrons. The fourth-order valence-electron chi connectivity index (χ4n) is 3.69. The van der Waals surface area contributed by atoms with E-state index in [1.807, 2.05) is 25.9 Å². The number of alkyl halides is 3. The van der Waals surface area contributed by atoms with Crippen molar-refractivity contribution in [3.05, 3.63) is 41.3 Å². The minimum Gasteiger partial charge on any atom is -0.362 e. The van der Waals surface area contributed by atoms with E-state index >= 15 is 0 Å². The second-order valence-corrected chi connectivity index (χ2v) is 8.08. The molecule has 0 bridgehead atoms. The number of carbonyl (C=O) groups is 1. The summed E-state index contributed by atoms with van der Waals surface area (Å²) < 4.78 is 51.9. The summed E-state index contributed by atoms with van der Waals surface area (Å²) in [5, 5.41) is 8.43. The highest BCUT2D eigenvalue weighted by Gasteiger charge is 2.34. The highest BCUT2D eigenvalue weighted by Crippen LogP contribution is 2.33. The third-order valence-corrected chi connectivity index (χ3v) is 5.29. The number of halogens is 4. The van der Waals surface area contributed by atoms with Crippen molar-refractivity contribution < 1.29 is 22.4 Å². The molecule has 2 amide bonds. The zero-order valence-corrected chi connectivity index (χ0v) is 18.1. The van der Waals surface area contributed by atoms with Gasteiger partial charge in [0.15, 0.2) is 0 Å². The van der Waals surface area contributed by atoms with Gasteiger partial charge >= 0.3 is 12.2 Å². The molecule has 0 unspecified atom stereocenters. The Morgan fingerprint density at radius 2 is 1.78 bits per heavy atom. The number of amides is 2. The summed E-state index contributed by atoms with van der Waals surface area (Å²) >= 11 is 0. The first-order valence-corrected chi connectivity index (χ1v) is 10.2. The van der Waals surface area contributed by atoms with Crippen molar-refractivity contribution in [2.24, 2.45) is 0 Å². The molecule has 11 heteroatoms. The smallest absolute Gasteiger partial charge is 0.362 e. The number of aryl methyl sites for hydroxylation is 1. The van der Waals surface area contributed by atoms with E-state index in [2.05, 4.69) is 25.9 Å². The SMILES string of the molecule is Cc1cnc(NC2CCC(NC(=O)Nc3ccc(F)c(C(F)(F)F)c3)CC2)nc1N(C)C. The quantitative estimate of drug-likeness (QED) is 0.578. The van der Waals surface area contributed by atoms with E-state index in [-0.39, 0.29) is 17.8 Å². The Kier molecular flexibility index (Phi) is 7.05. The first-order valence-electron chi connectivity index (χ1n) is 10.2. The number of nitrogens with one attached hydrogen (secondary N) is 3. The number of anilines is 3. The van der Waals surface area contributed by atoms with Crippen molar-refractivity contribution in [2.45, 2.75) is 50.9 Å². The van der Waals surface area contributed by atoms with Crippen LogP contribution < -0.4 is 20.9 Å². The van der Waals surface area contributed by atoms with Gasteiger partial charge in [-0.1, -0.05) is 0 Å². The molecule has 0 aliphatic heterocycles. The molecule has 3 rings (SSSR count). The maximum absolute atomic E-state index is 13.4. The van der Waals surface area contributed by atoms with E-state index in [4.69, 9.17) is 0 Å². The third kappa shape index (κ3) is 5.98. The van der Waals surface area contributed by atoms with Crippen molar-refractivity contribution in [3.8, 4) is 0 Å². The van der Waals surface area contributed by atoms with Crippen molar-refractivity contribution >= 4 is 23.5 Å². The Morgan fingerprint density at radius 3 is 2.41 bits per heavy atom. The fourth-order valence-corrected chi connectivity index (χ4v) is 3.69. The van der Waals surface area contributed by atoms with E-state index in [9.17, 15) is 22.4 Å². The molecule has 0 atom stereocenters. The molecule has 1 aliphatic rings. The minimum atomic E-state index is -4.84. The molecule has 1 saturated carbocycles. The summed E-state index contributed by atoms with van der Waals surface area (Å²) in [6.07, 6.45) is -0.147. The Bertz CT molecular complexity index is 958. The molecule has 1 aromatic carbocycles. The van der Waals surface area contributed by atoms with Crippen molar-refractivity contribution in [1.29, 1.82) is 0 Å². The topological polar surface area (TPSA) is 82.2 Å². The molecule has 32 heavy (non-hydrogen) atoms. The number of benzene rings is 1. The second kappa shape index (κ2) is 9.58. The Hall–Kier alpha value is -3.11. The lowest BCUT2D eigenvalue weighted by Gasteiger charge is -2.30. The molecule has 1 heterocycles. The molecule has 0 spiro atoms. The number of urea groups is 1. The standard InChI is InChI=1S/C21H26F4N6O/c1-12-11-26-19(30-18(12)31(2)3)27-13-4-6-14(7-5-13)28-20(32)29-15-8-9-17(22)16(10-15)21(23,24)25/h8-11,13-14H,4-7H2,1-3H3,(H,26,27,30)(H2,28,29,32). The lowest BCUT2D eigenvalue weighted by Crippen LogP contribution is -2.42. The number of hydrogen-bond donors (Lipinski definition) is 3. The van der Waals surface area contributed by atoms with Crippen molar-refractivity contribution in [2.75, 3.05) is 29.6 Å². The summed E-state index contributed by atoms with van der Waals surface area (Å²) in [5.74, 6) is -0.00114. The van der Waals surface area contributed by atoms with Crippen LogP contribution in [0.2, 0.25) is 0 Å². The maximum Gasteiger partial charge on any atom is 0.419 e. The van der Waals surface area contributed by atoms with Crippen molar-refractivity contribution in [1.82, 2.24) is 15.3 Å². The molecule has 1 aliphatic carbocycles. The average Bonchev–Trinajstić information content (AvgIpc) is 2.71. The summed E-state index contributed by atoms with van der Waals surface area (Å²) in [6.45, 7) is 1.94. The van der Waals surface area contributed by atoms with Gasteiger partial charge in [-0.05, 0) is 50.8 Å². The molecule has 174 valence electrons. The lowest BCUT2D eigenvalue weighted by atomic mass is 9.91. The number of nitrogens with zero attached hydrogens (tertiary/aromatic N) is 3. The lowest BCUT2D eigenvalue weighted by molar-refractivity contribution is -0.139. The van der Waals surface area contributed by atoms with Gasteiger partial charge in [0.05, 0.1) is 5.56 Å². The summed E-state index contributed by atoms with van der Waals surface area (Å²) in [5.41, 5.74) is -0.569. The average molecular weight is 454 g/mol. The molecule has 3 N–H and O–H groups in total. The van der Waals surface area contributed by atoms with Gasteiger partial charge in [-0.3, -0.25) is 0 Å². The summed E-state index contributed by atoms with van der Waals surface area (Å²) in [4.78, 5) is 23.0. The molecule has 1 fully saturated rings. The molecular weight excluding hydrogens is 428 g/mol. The second-order valence-electron chi connectivity index (χ2n) is 8.08. The van der Waals surface area contributed by atoms with Gasteiger partial charge in [0.2, 0.25) is 5.95 Å². The van der Waals surface area contributed by atoms with Crippen LogP contribution in [0.1, 0.15) is 36.8 Å². The van der Waals surface area contributed by atoms with Gasteiger partial charge in [-0.15, -0.1) is 0 Å². The van der Waals surface area contributed by atoms with E-state index in [1.165, 1.54) is 0 Å². The highest BCUT2D eigenvalue weighted by atomic mass is 19.4.